The summed E-state index contributed by atoms with van der Waals surface area (Å²) >= 11 is 4.22. The van der Waals surface area contributed by atoms with Crippen molar-refractivity contribution in [2.45, 2.75) is 11.4 Å². The van der Waals surface area contributed by atoms with E-state index in [-0.39, 0.29) is 0 Å². The highest BCUT2D eigenvalue weighted by Gasteiger charge is 2.05. The summed E-state index contributed by atoms with van der Waals surface area (Å²) in [7, 11) is 0. The fourth-order valence-electron chi connectivity index (χ4n) is 1.08. The highest BCUT2D eigenvalue weighted by molar-refractivity contribution is 7.80. The molecule has 2 aromatic rings. The lowest BCUT2D eigenvalue weighted by atomic mass is 10.4. The molecule has 0 amide bonds. The van der Waals surface area contributed by atoms with Crippen molar-refractivity contribution in [3.63, 3.8) is 0 Å². The second kappa shape index (κ2) is 3.18. The number of nitrogens with zero attached hydrogens (tertiary/aromatic N) is 3. The molecule has 0 aliphatic carbocycles. The van der Waals surface area contributed by atoms with Crippen LogP contribution in [0.4, 0.5) is 0 Å². The van der Waals surface area contributed by atoms with Gasteiger partial charge in [0.15, 0.2) is 5.65 Å². The van der Waals surface area contributed by atoms with Gasteiger partial charge in [-0.1, -0.05) is 6.08 Å². The maximum atomic E-state index is 4.22. The van der Waals surface area contributed by atoms with Crippen molar-refractivity contribution in [2.24, 2.45) is 0 Å². The highest BCUT2D eigenvalue weighted by Crippen LogP contribution is 2.14. The molecular weight excluding hydrogens is 184 g/mol. The quantitative estimate of drug-likeness (QED) is 0.429. The van der Waals surface area contributed by atoms with Crippen LogP contribution >= 0.6 is 12.6 Å². The molecule has 2 aromatic heterocycles. The zero-order chi connectivity index (χ0) is 9.26. The van der Waals surface area contributed by atoms with E-state index in [1.165, 1.54) is 0 Å². The molecule has 13 heavy (non-hydrogen) atoms. The zero-order valence-electron chi connectivity index (χ0n) is 6.86. The molecular formula is C8H8N4S. The van der Waals surface area contributed by atoms with E-state index >= 15 is 0 Å². The predicted octanol–water partition coefficient (Wildman–Crippen LogP) is 1.37. The molecule has 0 aromatic carbocycles. The zero-order valence-corrected chi connectivity index (χ0v) is 7.75. The number of H-pyrrole nitrogens is 1. The van der Waals surface area contributed by atoms with Crippen molar-refractivity contribution in [2.75, 3.05) is 0 Å². The molecule has 0 atom stereocenters. The third-order valence-corrected chi connectivity index (χ3v) is 1.96. The van der Waals surface area contributed by atoms with Crippen LogP contribution in [0.15, 0.2) is 24.0 Å². The summed E-state index contributed by atoms with van der Waals surface area (Å²) in [4.78, 5) is 15.3. The van der Waals surface area contributed by atoms with E-state index in [1.54, 1.807) is 12.4 Å². The van der Waals surface area contributed by atoms with Crippen molar-refractivity contribution in [3.8, 4) is 0 Å². The minimum atomic E-state index is 0.624. The normalized spacial score (nSPS) is 10.5. The Kier molecular flexibility index (Phi) is 2.02. The average molecular weight is 192 g/mol. The topological polar surface area (TPSA) is 54.5 Å². The molecule has 0 spiro atoms. The van der Waals surface area contributed by atoms with Gasteiger partial charge >= 0.3 is 0 Å². The lowest BCUT2D eigenvalue weighted by molar-refractivity contribution is 0.954. The van der Waals surface area contributed by atoms with E-state index in [4.69, 9.17) is 0 Å². The van der Waals surface area contributed by atoms with Crippen LogP contribution in [0.5, 0.6) is 0 Å². The smallest absolute Gasteiger partial charge is 0.182 e. The lowest BCUT2D eigenvalue weighted by Gasteiger charge is -1.97. The Hall–Kier alpha value is -1.36. The summed E-state index contributed by atoms with van der Waals surface area (Å²) in [5.74, 6) is 0.694. The first-order chi connectivity index (χ1) is 6.31. The van der Waals surface area contributed by atoms with Gasteiger partial charge in [0.2, 0.25) is 0 Å². The van der Waals surface area contributed by atoms with Crippen molar-refractivity contribution in [3.05, 3.63) is 24.8 Å². The Morgan fingerprint density at radius 3 is 3.15 bits per heavy atom. The van der Waals surface area contributed by atoms with E-state index in [2.05, 4.69) is 39.1 Å². The summed E-state index contributed by atoms with van der Waals surface area (Å²) < 4.78 is 0. The van der Waals surface area contributed by atoms with Gasteiger partial charge in [-0.25, -0.2) is 15.0 Å². The fraction of sp³-hybridized carbons (Fsp3) is 0.125. The van der Waals surface area contributed by atoms with Crippen LogP contribution in [0.25, 0.3) is 11.2 Å². The molecule has 2 heterocycles. The van der Waals surface area contributed by atoms with E-state index in [0.29, 0.717) is 22.9 Å². The van der Waals surface area contributed by atoms with E-state index in [0.717, 1.165) is 5.52 Å². The number of aromatic nitrogens is 4. The predicted molar refractivity (Wildman–Crippen MR) is 52.8 cm³/mol. The first-order valence-corrected chi connectivity index (χ1v) is 4.26. The Morgan fingerprint density at radius 2 is 2.38 bits per heavy atom. The van der Waals surface area contributed by atoms with Crippen LogP contribution in [0, 0.1) is 0 Å². The molecule has 0 bridgehead atoms. The molecule has 0 aliphatic rings. The third-order valence-electron chi connectivity index (χ3n) is 1.64. The van der Waals surface area contributed by atoms with Gasteiger partial charge in [0.1, 0.15) is 16.4 Å². The van der Waals surface area contributed by atoms with Crippen LogP contribution in [0.2, 0.25) is 0 Å². The van der Waals surface area contributed by atoms with Gasteiger partial charge in [0, 0.05) is 6.42 Å². The number of allylic oxidation sites excluding steroid dienone is 1. The van der Waals surface area contributed by atoms with Crippen LogP contribution in [0.3, 0.4) is 0 Å². The van der Waals surface area contributed by atoms with Crippen molar-refractivity contribution in [1.29, 1.82) is 0 Å². The molecule has 4 nitrogen and oxygen atoms in total. The van der Waals surface area contributed by atoms with E-state index in [1.807, 2.05) is 0 Å². The Bertz CT molecular complexity index is 448. The number of fused-ring (bicyclic) bond motifs is 1. The number of nitrogens with one attached hydrogen (secondary N) is 1. The van der Waals surface area contributed by atoms with Gasteiger partial charge in [-0.15, -0.1) is 19.2 Å². The first-order valence-electron chi connectivity index (χ1n) is 3.81. The highest BCUT2D eigenvalue weighted by atomic mass is 32.1. The van der Waals surface area contributed by atoms with Crippen LogP contribution in [-0.4, -0.2) is 19.9 Å². The molecule has 2 rings (SSSR count). The molecule has 66 valence electrons. The Balaban J connectivity index is 2.62. The second-order valence-corrected chi connectivity index (χ2v) is 2.98. The minimum Gasteiger partial charge on any atom is -0.341 e. The lowest BCUT2D eigenvalue weighted by Crippen LogP contribution is -1.94. The van der Waals surface area contributed by atoms with Crippen molar-refractivity contribution < 1.29 is 0 Å². The molecule has 1 N–H and O–H groups in total. The maximum absolute atomic E-state index is 4.22. The minimum absolute atomic E-state index is 0.624. The van der Waals surface area contributed by atoms with E-state index in [9.17, 15) is 0 Å². The number of imidazole rings is 1. The largest absolute Gasteiger partial charge is 0.341 e. The van der Waals surface area contributed by atoms with Gasteiger partial charge in [0.05, 0.1) is 6.33 Å². The number of aromatic amines is 1. The summed E-state index contributed by atoms with van der Waals surface area (Å²) in [6.45, 7) is 3.62. The fourth-order valence-corrected chi connectivity index (χ4v) is 1.36. The summed E-state index contributed by atoms with van der Waals surface area (Å²) in [6, 6.07) is 0. The van der Waals surface area contributed by atoms with E-state index < -0.39 is 0 Å². The SMILES string of the molecule is C=CCc1nc(S)c2[nH]cnc2n1. The third kappa shape index (κ3) is 1.42. The molecule has 5 heteroatoms. The molecule has 0 unspecified atom stereocenters. The standard InChI is InChI=1S/C8H8N4S/c1-2-3-5-11-7-6(8(13)12-5)9-4-10-7/h2,4H,1,3H2,(H2,9,10,11,12,13). The number of hydrogen-bond donors (Lipinski definition) is 2. The van der Waals surface area contributed by atoms with Gasteiger partial charge in [-0.05, 0) is 0 Å². The molecule has 0 aliphatic heterocycles. The molecule has 0 saturated carbocycles. The van der Waals surface area contributed by atoms with Gasteiger partial charge in [-0.2, -0.15) is 0 Å². The van der Waals surface area contributed by atoms with Crippen LogP contribution in [0.1, 0.15) is 5.82 Å². The summed E-state index contributed by atoms with van der Waals surface area (Å²) in [5, 5.41) is 0.624. The number of hydrogen-bond acceptors (Lipinski definition) is 4. The molecule has 0 fully saturated rings. The number of rotatable bonds is 2. The molecule has 0 saturated heterocycles. The summed E-state index contributed by atoms with van der Waals surface area (Å²) in [5.41, 5.74) is 1.42. The number of thiol groups is 1. The first kappa shape index (κ1) is 8.25. The maximum Gasteiger partial charge on any atom is 0.182 e. The Morgan fingerprint density at radius 1 is 1.54 bits per heavy atom. The van der Waals surface area contributed by atoms with Crippen LogP contribution < -0.4 is 0 Å². The van der Waals surface area contributed by atoms with Crippen LogP contribution in [-0.2, 0) is 6.42 Å². The summed E-state index contributed by atoms with van der Waals surface area (Å²) in [6.07, 6.45) is 3.97. The van der Waals surface area contributed by atoms with Gasteiger partial charge in [0.25, 0.3) is 0 Å². The second-order valence-electron chi connectivity index (χ2n) is 2.56. The van der Waals surface area contributed by atoms with Crippen molar-refractivity contribution >= 4 is 23.8 Å². The average Bonchev–Trinajstić information content (AvgIpc) is 2.53. The monoisotopic (exact) mass is 192 g/mol. The van der Waals surface area contributed by atoms with Gasteiger partial charge < -0.3 is 4.98 Å². The van der Waals surface area contributed by atoms with Crippen molar-refractivity contribution in [1.82, 2.24) is 19.9 Å². The van der Waals surface area contributed by atoms with Gasteiger partial charge in [-0.3, -0.25) is 0 Å². The Labute approximate surface area is 80.5 Å². The molecule has 0 radical (unpaired) electrons.